The van der Waals surface area contributed by atoms with Gasteiger partial charge in [0.05, 0.1) is 37.2 Å². The van der Waals surface area contributed by atoms with Crippen LogP contribution in [0, 0.1) is 11.3 Å². The lowest BCUT2D eigenvalue weighted by Gasteiger charge is -2.14. The van der Waals surface area contributed by atoms with Gasteiger partial charge in [0, 0.05) is 11.1 Å². The third-order valence-corrected chi connectivity index (χ3v) is 4.94. The summed E-state index contributed by atoms with van der Waals surface area (Å²) in [4.78, 5) is 4.94. The number of benzene rings is 3. The fourth-order valence-electron chi connectivity index (χ4n) is 3.42. The molecule has 0 N–H and O–H groups in total. The lowest BCUT2D eigenvalue weighted by molar-refractivity contribution is 0.416. The van der Waals surface area contributed by atoms with Crippen molar-refractivity contribution in [3.8, 4) is 51.2 Å². The SMILES string of the molecule is COc1ccccc1-c1cc(-c2ccc(C#N)cc2)cc(-c2ccccc2OC)n1. The molecule has 0 spiro atoms. The van der Waals surface area contributed by atoms with Crippen LogP contribution in [0.3, 0.4) is 0 Å². The number of aromatic nitrogens is 1. The fraction of sp³-hybridized carbons (Fsp3) is 0.0769. The summed E-state index contributed by atoms with van der Waals surface area (Å²) in [6.07, 6.45) is 0. The van der Waals surface area contributed by atoms with Crippen molar-refractivity contribution in [1.29, 1.82) is 5.26 Å². The molecule has 4 nitrogen and oxygen atoms in total. The van der Waals surface area contributed by atoms with Crippen molar-refractivity contribution in [2.45, 2.75) is 0 Å². The third-order valence-electron chi connectivity index (χ3n) is 4.94. The number of para-hydroxylation sites is 2. The van der Waals surface area contributed by atoms with Crippen molar-refractivity contribution in [3.63, 3.8) is 0 Å². The molecule has 0 bridgehead atoms. The van der Waals surface area contributed by atoms with Gasteiger partial charge in [0.25, 0.3) is 0 Å². The van der Waals surface area contributed by atoms with Gasteiger partial charge in [-0.1, -0.05) is 36.4 Å². The molecule has 0 fully saturated rings. The van der Waals surface area contributed by atoms with Crippen molar-refractivity contribution in [2.75, 3.05) is 14.2 Å². The maximum Gasteiger partial charge on any atom is 0.128 e. The predicted molar refractivity (Wildman–Crippen MR) is 118 cm³/mol. The molecule has 3 aromatic carbocycles. The fourth-order valence-corrected chi connectivity index (χ4v) is 3.42. The average molecular weight is 392 g/mol. The highest BCUT2D eigenvalue weighted by atomic mass is 16.5. The first kappa shape index (κ1) is 19.2. The van der Waals surface area contributed by atoms with E-state index in [-0.39, 0.29) is 0 Å². The molecular weight excluding hydrogens is 372 g/mol. The molecule has 0 amide bonds. The van der Waals surface area contributed by atoms with Crippen LogP contribution in [-0.2, 0) is 0 Å². The van der Waals surface area contributed by atoms with E-state index in [1.165, 1.54) is 0 Å². The van der Waals surface area contributed by atoms with Gasteiger partial charge in [0.2, 0.25) is 0 Å². The lowest BCUT2D eigenvalue weighted by atomic mass is 9.98. The second-order valence-electron chi connectivity index (χ2n) is 6.72. The van der Waals surface area contributed by atoms with Crippen LogP contribution in [0.2, 0.25) is 0 Å². The molecule has 0 atom stereocenters. The van der Waals surface area contributed by atoms with E-state index in [2.05, 4.69) is 6.07 Å². The summed E-state index contributed by atoms with van der Waals surface area (Å²) in [6.45, 7) is 0. The van der Waals surface area contributed by atoms with Gasteiger partial charge in [0.1, 0.15) is 11.5 Å². The maximum absolute atomic E-state index is 9.11. The topological polar surface area (TPSA) is 55.1 Å². The van der Waals surface area contributed by atoms with Crippen molar-refractivity contribution in [1.82, 2.24) is 4.98 Å². The number of pyridine rings is 1. The minimum absolute atomic E-state index is 0.628. The molecule has 0 saturated carbocycles. The summed E-state index contributed by atoms with van der Waals surface area (Å²) in [5, 5.41) is 9.11. The molecule has 1 heterocycles. The largest absolute Gasteiger partial charge is 0.496 e. The minimum atomic E-state index is 0.628. The zero-order chi connectivity index (χ0) is 20.9. The standard InChI is InChI=1S/C26H20N2O2/c1-29-25-9-5-3-7-21(25)23-15-20(19-13-11-18(17-27)12-14-19)16-24(28-23)22-8-4-6-10-26(22)30-2/h3-16H,1-2H3. The van der Waals surface area contributed by atoms with E-state index in [1.807, 2.05) is 84.9 Å². The van der Waals surface area contributed by atoms with Crippen molar-refractivity contribution in [3.05, 3.63) is 90.5 Å². The molecule has 4 aromatic rings. The highest BCUT2D eigenvalue weighted by Gasteiger charge is 2.14. The maximum atomic E-state index is 9.11. The van der Waals surface area contributed by atoms with Crippen LogP contribution in [-0.4, -0.2) is 19.2 Å². The van der Waals surface area contributed by atoms with Crippen LogP contribution < -0.4 is 9.47 Å². The molecule has 30 heavy (non-hydrogen) atoms. The lowest BCUT2D eigenvalue weighted by Crippen LogP contribution is -1.95. The van der Waals surface area contributed by atoms with E-state index in [0.29, 0.717) is 5.56 Å². The Labute approximate surface area is 176 Å². The van der Waals surface area contributed by atoms with Crippen LogP contribution in [0.1, 0.15) is 5.56 Å². The Bertz CT molecular complexity index is 1160. The Morgan fingerprint density at radius 1 is 0.667 bits per heavy atom. The third kappa shape index (κ3) is 3.74. The van der Waals surface area contributed by atoms with Gasteiger partial charge >= 0.3 is 0 Å². The van der Waals surface area contributed by atoms with Gasteiger partial charge in [-0.15, -0.1) is 0 Å². The molecule has 0 radical (unpaired) electrons. The summed E-state index contributed by atoms with van der Waals surface area (Å²) in [7, 11) is 3.31. The Morgan fingerprint density at radius 2 is 1.17 bits per heavy atom. The van der Waals surface area contributed by atoms with Gasteiger partial charge in [-0.2, -0.15) is 5.26 Å². The first-order chi connectivity index (χ1) is 14.7. The number of rotatable bonds is 5. The summed E-state index contributed by atoms with van der Waals surface area (Å²) < 4.78 is 11.1. The van der Waals surface area contributed by atoms with Crippen LogP contribution in [0.4, 0.5) is 0 Å². The van der Waals surface area contributed by atoms with Crippen LogP contribution in [0.5, 0.6) is 11.5 Å². The van der Waals surface area contributed by atoms with E-state index in [1.54, 1.807) is 14.2 Å². The molecule has 1 aromatic heterocycles. The number of ether oxygens (including phenoxy) is 2. The summed E-state index contributed by atoms with van der Waals surface area (Å²) in [5.41, 5.74) is 6.05. The molecule has 4 heteroatoms. The quantitative estimate of drug-likeness (QED) is 0.420. The van der Waals surface area contributed by atoms with E-state index >= 15 is 0 Å². The van der Waals surface area contributed by atoms with Gasteiger partial charge in [-0.25, -0.2) is 4.98 Å². The van der Waals surface area contributed by atoms with E-state index < -0.39 is 0 Å². The van der Waals surface area contributed by atoms with Crippen LogP contribution in [0.15, 0.2) is 84.9 Å². The Kier molecular flexibility index (Phi) is 5.45. The number of methoxy groups -OCH3 is 2. The summed E-state index contributed by atoms with van der Waals surface area (Å²) in [6, 6.07) is 29.4. The van der Waals surface area contributed by atoms with Crippen molar-refractivity contribution < 1.29 is 9.47 Å². The molecule has 0 aliphatic rings. The van der Waals surface area contributed by atoms with Crippen LogP contribution in [0.25, 0.3) is 33.6 Å². The first-order valence-electron chi connectivity index (χ1n) is 9.53. The highest BCUT2D eigenvalue weighted by molar-refractivity contribution is 5.80. The summed E-state index contributed by atoms with van der Waals surface area (Å²) >= 11 is 0. The van der Waals surface area contributed by atoms with Gasteiger partial charge in [-0.05, 0) is 59.7 Å². The molecule has 0 saturated heterocycles. The minimum Gasteiger partial charge on any atom is -0.496 e. The second-order valence-corrected chi connectivity index (χ2v) is 6.72. The van der Waals surface area contributed by atoms with Gasteiger partial charge in [-0.3, -0.25) is 0 Å². The zero-order valence-electron chi connectivity index (χ0n) is 16.8. The molecule has 4 rings (SSSR count). The number of hydrogen-bond acceptors (Lipinski definition) is 4. The molecule has 0 aliphatic carbocycles. The molecule has 0 aliphatic heterocycles. The van der Waals surface area contributed by atoms with Gasteiger partial charge < -0.3 is 9.47 Å². The Morgan fingerprint density at radius 3 is 1.63 bits per heavy atom. The Balaban J connectivity index is 1.95. The van der Waals surface area contributed by atoms with Crippen molar-refractivity contribution >= 4 is 0 Å². The highest BCUT2D eigenvalue weighted by Crippen LogP contribution is 2.36. The molecular formula is C26H20N2O2. The van der Waals surface area contributed by atoms with E-state index in [9.17, 15) is 0 Å². The average Bonchev–Trinajstić information content (AvgIpc) is 2.83. The van der Waals surface area contributed by atoms with E-state index in [4.69, 9.17) is 19.7 Å². The molecule has 146 valence electrons. The second kappa shape index (κ2) is 8.50. The van der Waals surface area contributed by atoms with E-state index in [0.717, 1.165) is 45.1 Å². The first-order valence-corrected chi connectivity index (χ1v) is 9.53. The smallest absolute Gasteiger partial charge is 0.128 e. The monoisotopic (exact) mass is 392 g/mol. The molecule has 0 unspecified atom stereocenters. The predicted octanol–water partition coefficient (Wildman–Crippen LogP) is 5.97. The Hall–Kier alpha value is -4.10. The zero-order valence-corrected chi connectivity index (χ0v) is 16.8. The number of nitriles is 1. The normalized spacial score (nSPS) is 10.3. The number of hydrogen-bond donors (Lipinski definition) is 0. The van der Waals surface area contributed by atoms with Crippen LogP contribution >= 0.6 is 0 Å². The number of nitrogens with zero attached hydrogens (tertiary/aromatic N) is 2. The summed E-state index contributed by atoms with van der Waals surface area (Å²) in [5.74, 6) is 1.51. The van der Waals surface area contributed by atoms with Crippen molar-refractivity contribution in [2.24, 2.45) is 0 Å². The van der Waals surface area contributed by atoms with Gasteiger partial charge in [0.15, 0.2) is 0 Å².